The smallest absolute Gasteiger partial charge is 0.128 e. The van der Waals surface area contributed by atoms with Gasteiger partial charge >= 0.3 is 0 Å². The molecule has 0 aromatic heterocycles. The van der Waals surface area contributed by atoms with Crippen LogP contribution in [0.25, 0.3) is 0 Å². The van der Waals surface area contributed by atoms with Crippen molar-refractivity contribution in [2.45, 2.75) is 39.7 Å². The molecule has 0 heterocycles. The first kappa shape index (κ1) is 13.8. The Kier molecular flexibility index (Phi) is 5.84. The van der Waals surface area contributed by atoms with E-state index in [4.69, 9.17) is 9.47 Å². The molecule has 0 saturated carbocycles. The molecule has 0 fully saturated rings. The molecule has 0 spiro atoms. The van der Waals surface area contributed by atoms with Gasteiger partial charge in [-0.3, -0.25) is 0 Å². The molecule has 0 bridgehead atoms. The molecule has 1 N–H and O–H groups in total. The van der Waals surface area contributed by atoms with E-state index >= 15 is 0 Å². The molecule has 1 aromatic carbocycles. The van der Waals surface area contributed by atoms with Crippen molar-refractivity contribution >= 4 is 0 Å². The van der Waals surface area contributed by atoms with Crippen molar-refractivity contribution in [3.8, 4) is 11.5 Å². The Morgan fingerprint density at radius 3 is 2.35 bits per heavy atom. The Bertz CT molecular complexity index is 334. The van der Waals surface area contributed by atoms with Crippen LogP contribution in [0.4, 0.5) is 0 Å². The van der Waals surface area contributed by atoms with Gasteiger partial charge in [-0.15, -0.1) is 0 Å². The van der Waals surface area contributed by atoms with Crippen molar-refractivity contribution in [2.24, 2.45) is 0 Å². The van der Waals surface area contributed by atoms with Crippen LogP contribution in [0.5, 0.6) is 11.5 Å². The maximum absolute atomic E-state index is 9.65. The zero-order valence-corrected chi connectivity index (χ0v) is 10.9. The first-order valence-electron chi connectivity index (χ1n) is 6.26. The van der Waals surface area contributed by atoms with Gasteiger partial charge in [0.15, 0.2) is 0 Å². The molecular weight excluding hydrogens is 216 g/mol. The predicted molar refractivity (Wildman–Crippen MR) is 68.6 cm³/mol. The lowest BCUT2D eigenvalue weighted by Crippen LogP contribution is -2.03. The van der Waals surface area contributed by atoms with Gasteiger partial charge in [0.1, 0.15) is 11.5 Å². The molecule has 0 saturated heterocycles. The quantitative estimate of drug-likeness (QED) is 0.792. The van der Waals surface area contributed by atoms with Gasteiger partial charge in [-0.25, -0.2) is 0 Å². The van der Waals surface area contributed by atoms with Gasteiger partial charge in [0, 0.05) is 11.6 Å². The van der Waals surface area contributed by atoms with Crippen LogP contribution in [0.2, 0.25) is 0 Å². The Morgan fingerprint density at radius 1 is 1.12 bits per heavy atom. The fraction of sp³-hybridized carbons (Fsp3) is 0.571. The molecule has 96 valence electrons. The topological polar surface area (TPSA) is 38.7 Å². The highest BCUT2D eigenvalue weighted by molar-refractivity contribution is 5.41. The zero-order valence-electron chi connectivity index (χ0n) is 10.9. The van der Waals surface area contributed by atoms with Gasteiger partial charge in [-0.1, -0.05) is 13.8 Å². The second-order valence-electron chi connectivity index (χ2n) is 4.07. The molecule has 1 unspecified atom stereocenters. The summed E-state index contributed by atoms with van der Waals surface area (Å²) in [5, 5.41) is 9.65. The van der Waals surface area contributed by atoms with E-state index in [1.165, 1.54) is 0 Å². The Labute approximate surface area is 103 Å². The van der Waals surface area contributed by atoms with Crippen molar-refractivity contribution in [2.75, 3.05) is 13.2 Å². The van der Waals surface area contributed by atoms with Gasteiger partial charge in [0.2, 0.25) is 0 Å². The Hall–Kier alpha value is -1.22. The Morgan fingerprint density at radius 2 is 1.76 bits per heavy atom. The van der Waals surface area contributed by atoms with Crippen molar-refractivity contribution in [1.29, 1.82) is 0 Å². The first-order chi connectivity index (χ1) is 8.19. The van der Waals surface area contributed by atoms with E-state index in [0.717, 1.165) is 29.9 Å². The zero-order chi connectivity index (χ0) is 12.7. The Balaban J connectivity index is 2.84. The van der Waals surface area contributed by atoms with E-state index in [1.54, 1.807) is 6.92 Å². The van der Waals surface area contributed by atoms with Crippen molar-refractivity contribution in [3.05, 3.63) is 23.8 Å². The molecule has 1 rings (SSSR count). The van der Waals surface area contributed by atoms with Crippen LogP contribution in [0, 0.1) is 0 Å². The van der Waals surface area contributed by atoms with E-state index in [1.807, 2.05) is 18.2 Å². The summed E-state index contributed by atoms with van der Waals surface area (Å²) in [5.74, 6) is 1.51. The minimum atomic E-state index is -0.526. The molecule has 1 aromatic rings. The molecule has 0 aliphatic heterocycles. The monoisotopic (exact) mass is 238 g/mol. The second kappa shape index (κ2) is 7.17. The number of ether oxygens (including phenoxy) is 2. The van der Waals surface area contributed by atoms with E-state index in [0.29, 0.717) is 13.2 Å². The minimum Gasteiger partial charge on any atom is -0.493 e. The maximum atomic E-state index is 9.65. The van der Waals surface area contributed by atoms with Gasteiger partial charge in [-0.05, 0) is 31.9 Å². The van der Waals surface area contributed by atoms with Crippen molar-refractivity contribution < 1.29 is 14.6 Å². The summed E-state index contributed by atoms with van der Waals surface area (Å²) in [5.41, 5.74) is 0.808. The lowest BCUT2D eigenvalue weighted by Gasteiger charge is -2.15. The standard InChI is InChI=1S/C14H22O3/c1-4-8-16-12-6-7-13(11(3)15)14(10-12)17-9-5-2/h6-7,10-11,15H,4-5,8-9H2,1-3H3. The third kappa shape index (κ3) is 4.27. The molecule has 3 heteroatoms. The molecule has 17 heavy (non-hydrogen) atoms. The van der Waals surface area contributed by atoms with Gasteiger partial charge < -0.3 is 14.6 Å². The average Bonchev–Trinajstić information content (AvgIpc) is 2.33. The summed E-state index contributed by atoms with van der Waals surface area (Å²) in [6, 6.07) is 5.59. The summed E-state index contributed by atoms with van der Waals surface area (Å²) in [6.07, 6.45) is 1.39. The van der Waals surface area contributed by atoms with Gasteiger partial charge in [0.25, 0.3) is 0 Å². The summed E-state index contributed by atoms with van der Waals surface area (Å²) in [6.45, 7) is 7.21. The largest absolute Gasteiger partial charge is 0.493 e. The number of hydrogen-bond donors (Lipinski definition) is 1. The highest BCUT2D eigenvalue weighted by Crippen LogP contribution is 2.29. The fourth-order valence-electron chi connectivity index (χ4n) is 1.51. The predicted octanol–water partition coefficient (Wildman–Crippen LogP) is 3.32. The van der Waals surface area contributed by atoms with Crippen LogP contribution < -0.4 is 9.47 Å². The summed E-state index contributed by atoms with van der Waals surface area (Å²) in [7, 11) is 0. The minimum absolute atomic E-state index is 0.526. The van der Waals surface area contributed by atoms with E-state index in [-0.39, 0.29) is 0 Å². The maximum Gasteiger partial charge on any atom is 0.128 e. The van der Waals surface area contributed by atoms with Crippen LogP contribution in [-0.4, -0.2) is 18.3 Å². The fourth-order valence-corrected chi connectivity index (χ4v) is 1.51. The second-order valence-corrected chi connectivity index (χ2v) is 4.07. The third-order valence-electron chi connectivity index (χ3n) is 2.37. The summed E-state index contributed by atoms with van der Waals surface area (Å²) >= 11 is 0. The van der Waals surface area contributed by atoms with Gasteiger partial charge in [-0.2, -0.15) is 0 Å². The van der Waals surface area contributed by atoms with E-state index < -0.39 is 6.10 Å². The molecule has 1 atom stereocenters. The highest BCUT2D eigenvalue weighted by Gasteiger charge is 2.10. The van der Waals surface area contributed by atoms with Gasteiger partial charge in [0.05, 0.1) is 19.3 Å². The lowest BCUT2D eigenvalue weighted by atomic mass is 10.1. The van der Waals surface area contributed by atoms with Crippen LogP contribution in [0.1, 0.15) is 45.3 Å². The highest BCUT2D eigenvalue weighted by atomic mass is 16.5. The lowest BCUT2D eigenvalue weighted by molar-refractivity contribution is 0.190. The molecule has 0 radical (unpaired) electrons. The first-order valence-corrected chi connectivity index (χ1v) is 6.26. The molecule has 0 aliphatic carbocycles. The average molecular weight is 238 g/mol. The molecule has 0 aliphatic rings. The van der Waals surface area contributed by atoms with E-state index in [9.17, 15) is 5.11 Å². The van der Waals surface area contributed by atoms with Crippen LogP contribution >= 0.6 is 0 Å². The third-order valence-corrected chi connectivity index (χ3v) is 2.37. The number of hydrogen-bond acceptors (Lipinski definition) is 3. The summed E-state index contributed by atoms with van der Waals surface area (Å²) in [4.78, 5) is 0. The molecule has 0 amide bonds. The number of aliphatic hydroxyl groups is 1. The van der Waals surface area contributed by atoms with Crippen LogP contribution in [-0.2, 0) is 0 Å². The normalized spacial score (nSPS) is 12.2. The van der Waals surface area contributed by atoms with Crippen LogP contribution in [0.3, 0.4) is 0 Å². The van der Waals surface area contributed by atoms with Crippen LogP contribution in [0.15, 0.2) is 18.2 Å². The van der Waals surface area contributed by atoms with E-state index in [2.05, 4.69) is 13.8 Å². The van der Waals surface area contributed by atoms with Crippen molar-refractivity contribution in [3.63, 3.8) is 0 Å². The SMILES string of the molecule is CCCOc1ccc(C(C)O)c(OCCC)c1. The number of rotatable bonds is 7. The number of aliphatic hydroxyl groups excluding tert-OH is 1. The molecule has 3 nitrogen and oxygen atoms in total. The van der Waals surface area contributed by atoms with Crippen molar-refractivity contribution in [1.82, 2.24) is 0 Å². The molecular formula is C14H22O3. The number of benzene rings is 1. The summed E-state index contributed by atoms with van der Waals surface area (Å²) < 4.78 is 11.2.